The van der Waals surface area contributed by atoms with Crippen LogP contribution in [-0.4, -0.2) is 36.5 Å². The molecule has 1 aliphatic rings. The van der Waals surface area contributed by atoms with E-state index in [1.165, 1.54) is 14.2 Å². The molecule has 8 heteroatoms. The van der Waals surface area contributed by atoms with E-state index in [1.807, 2.05) is 0 Å². The number of rotatable bonds is 4. The average Bonchev–Trinajstić information content (AvgIpc) is 2.46. The number of hydrogen-bond acceptors (Lipinski definition) is 6. The number of nitrogens with two attached hydrogens (primary N) is 1. The van der Waals surface area contributed by atoms with Crippen LogP contribution in [0.5, 0.6) is 11.5 Å². The molecule has 1 heterocycles. The van der Waals surface area contributed by atoms with Crippen LogP contribution in [0.1, 0.15) is 6.42 Å². The van der Waals surface area contributed by atoms with Crippen molar-refractivity contribution >= 4 is 34.4 Å². The van der Waals surface area contributed by atoms with E-state index in [9.17, 15) is 9.59 Å². The first kappa shape index (κ1) is 15.2. The zero-order valence-electron chi connectivity index (χ0n) is 11.6. The van der Waals surface area contributed by atoms with Gasteiger partial charge in [0, 0.05) is 11.8 Å². The van der Waals surface area contributed by atoms with Gasteiger partial charge in [0.1, 0.15) is 5.25 Å². The highest BCUT2D eigenvalue weighted by Crippen LogP contribution is 2.30. The first-order valence-electron chi connectivity index (χ1n) is 6.10. The summed E-state index contributed by atoms with van der Waals surface area (Å²) < 4.78 is 10.3. The van der Waals surface area contributed by atoms with Gasteiger partial charge in [-0.05, 0) is 12.1 Å². The highest BCUT2D eigenvalue weighted by atomic mass is 32.2. The van der Waals surface area contributed by atoms with Crippen LogP contribution < -0.4 is 20.5 Å². The van der Waals surface area contributed by atoms with E-state index in [4.69, 9.17) is 15.2 Å². The van der Waals surface area contributed by atoms with Gasteiger partial charge in [-0.1, -0.05) is 11.8 Å². The van der Waals surface area contributed by atoms with Gasteiger partial charge in [-0.15, -0.1) is 0 Å². The van der Waals surface area contributed by atoms with Gasteiger partial charge in [-0.3, -0.25) is 9.59 Å². The van der Waals surface area contributed by atoms with Gasteiger partial charge in [-0.25, -0.2) is 0 Å². The van der Waals surface area contributed by atoms with Crippen LogP contribution in [0.25, 0.3) is 0 Å². The summed E-state index contributed by atoms with van der Waals surface area (Å²) >= 11 is 1.07. The monoisotopic (exact) mass is 309 g/mol. The van der Waals surface area contributed by atoms with E-state index in [0.29, 0.717) is 17.2 Å². The minimum absolute atomic E-state index is 0.0322. The lowest BCUT2D eigenvalue weighted by atomic mass is 10.2. The molecule has 0 aromatic heterocycles. The molecule has 21 heavy (non-hydrogen) atoms. The number of thioether (sulfide) groups is 1. The number of benzene rings is 1. The number of amides is 2. The molecule has 0 fully saturated rings. The molecule has 3 N–H and O–H groups in total. The second-order valence-electron chi connectivity index (χ2n) is 4.21. The van der Waals surface area contributed by atoms with Gasteiger partial charge in [0.15, 0.2) is 16.7 Å². The van der Waals surface area contributed by atoms with Crippen LogP contribution >= 0.6 is 11.8 Å². The third-order valence-corrected chi connectivity index (χ3v) is 3.80. The molecule has 1 aliphatic heterocycles. The zero-order valence-corrected chi connectivity index (χ0v) is 12.4. The molecule has 0 spiro atoms. The third-order valence-electron chi connectivity index (χ3n) is 2.80. The lowest BCUT2D eigenvalue weighted by Crippen LogP contribution is -2.33. The van der Waals surface area contributed by atoms with E-state index in [0.717, 1.165) is 11.8 Å². The van der Waals surface area contributed by atoms with E-state index in [-0.39, 0.29) is 17.5 Å². The predicted octanol–water partition coefficient (Wildman–Crippen LogP) is 0.989. The maximum atomic E-state index is 12.1. The number of nitrogens with zero attached hydrogens (tertiary/aromatic N) is 1. The Morgan fingerprint density at radius 3 is 2.71 bits per heavy atom. The lowest BCUT2D eigenvalue weighted by molar-refractivity contribution is -0.121. The van der Waals surface area contributed by atoms with Crippen molar-refractivity contribution in [3.63, 3.8) is 0 Å². The summed E-state index contributed by atoms with van der Waals surface area (Å²) in [5.74, 6) is 0.370. The number of methoxy groups -OCH3 is 2. The molecule has 112 valence electrons. The van der Waals surface area contributed by atoms with E-state index in [2.05, 4.69) is 10.3 Å². The zero-order chi connectivity index (χ0) is 15.4. The van der Waals surface area contributed by atoms with Crippen molar-refractivity contribution in [3.8, 4) is 11.5 Å². The predicted molar refractivity (Wildman–Crippen MR) is 80.8 cm³/mol. The third kappa shape index (κ3) is 3.66. The number of amidine groups is 1. The standard InChI is InChI=1S/C13H15N3O4S/c1-19-8-4-3-7(5-9(8)20-2)15-12(18)10-6-11(17)16-13(14)21-10/h3-5,10H,6H2,1-2H3,(H,15,18)(H2,14,16,17)/t10-/m1/s1. The Morgan fingerprint density at radius 2 is 2.10 bits per heavy atom. The SMILES string of the molecule is COc1ccc(NC(=O)[C@H]2CC(=O)N=C(N)S2)cc1OC. The van der Waals surface area contributed by atoms with Crippen molar-refractivity contribution in [2.45, 2.75) is 11.7 Å². The second kappa shape index (κ2) is 6.49. The summed E-state index contributed by atoms with van der Waals surface area (Å²) in [5, 5.41) is 2.25. The van der Waals surface area contributed by atoms with Crippen molar-refractivity contribution in [3.05, 3.63) is 18.2 Å². The van der Waals surface area contributed by atoms with E-state index in [1.54, 1.807) is 18.2 Å². The minimum atomic E-state index is -0.580. The van der Waals surface area contributed by atoms with Crippen LogP contribution in [-0.2, 0) is 9.59 Å². The lowest BCUT2D eigenvalue weighted by Gasteiger charge is -2.18. The minimum Gasteiger partial charge on any atom is -0.493 e. The average molecular weight is 309 g/mol. The largest absolute Gasteiger partial charge is 0.493 e. The fraction of sp³-hybridized carbons (Fsp3) is 0.308. The molecule has 0 saturated carbocycles. The quantitative estimate of drug-likeness (QED) is 0.859. The number of nitrogens with one attached hydrogen (secondary N) is 1. The number of hydrogen-bond donors (Lipinski definition) is 2. The fourth-order valence-electron chi connectivity index (χ4n) is 1.82. The Labute approximate surface area is 125 Å². The summed E-state index contributed by atoms with van der Waals surface area (Å²) in [6, 6.07) is 5.01. The molecule has 1 aromatic carbocycles. The van der Waals surface area contributed by atoms with Gasteiger partial charge in [0.05, 0.1) is 20.6 Å². The van der Waals surface area contributed by atoms with Crippen molar-refractivity contribution in [2.75, 3.05) is 19.5 Å². The number of anilines is 1. The Kier molecular flexibility index (Phi) is 4.69. The van der Waals surface area contributed by atoms with Crippen LogP contribution in [0.15, 0.2) is 23.2 Å². The van der Waals surface area contributed by atoms with E-state index < -0.39 is 11.2 Å². The summed E-state index contributed by atoms with van der Waals surface area (Å²) in [5.41, 5.74) is 6.05. The van der Waals surface area contributed by atoms with Crippen LogP contribution in [0.2, 0.25) is 0 Å². The maximum absolute atomic E-state index is 12.1. The van der Waals surface area contributed by atoms with Crippen molar-refractivity contribution in [2.24, 2.45) is 10.7 Å². The molecule has 0 bridgehead atoms. The topological polar surface area (TPSA) is 103 Å². The first-order chi connectivity index (χ1) is 10.0. The molecule has 7 nitrogen and oxygen atoms in total. The van der Waals surface area contributed by atoms with Crippen LogP contribution in [0.3, 0.4) is 0 Å². The van der Waals surface area contributed by atoms with Gasteiger partial charge < -0.3 is 20.5 Å². The van der Waals surface area contributed by atoms with E-state index >= 15 is 0 Å². The number of carbonyl (C=O) groups excluding carboxylic acids is 2. The summed E-state index contributed by atoms with van der Waals surface area (Å²) in [6.45, 7) is 0. The molecule has 0 radical (unpaired) electrons. The van der Waals surface area contributed by atoms with Gasteiger partial charge in [-0.2, -0.15) is 4.99 Å². The van der Waals surface area contributed by atoms with Crippen molar-refractivity contribution < 1.29 is 19.1 Å². The fourth-order valence-corrected chi connectivity index (χ4v) is 2.66. The number of carbonyl (C=O) groups is 2. The second-order valence-corrected chi connectivity index (χ2v) is 5.44. The maximum Gasteiger partial charge on any atom is 0.249 e. The van der Waals surface area contributed by atoms with Crippen molar-refractivity contribution in [1.82, 2.24) is 0 Å². The van der Waals surface area contributed by atoms with Gasteiger partial charge in [0.2, 0.25) is 11.8 Å². The highest BCUT2D eigenvalue weighted by molar-refractivity contribution is 8.15. The summed E-state index contributed by atoms with van der Waals surface area (Å²) in [7, 11) is 3.04. The van der Waals surface area contributed by atoms with Gasteiger partial charge in [0.25, 0.3) is 0 Å². The summed E-state index contributed by atoms with van der Waals surface area (Å²) in [6.07, 6.45) is 0.0322. The van der Waals surface area contributed by atoms with Crippen LogP contribution in [0, 0.1) is 0 Å². The summed E-state index contributed by atoms with van der Waals surface area (Å²) in [4.78, 5) is 27.0. The Hall–Kier alpha value is -2.22. The van der Waals surface area contributed by atoms with Gasteiger partial charge >= 0.3 is 0 Å². The first-order valence-corrected chi connectivity index (χ1v) is 6.98. The molecular formula is C13H15N3O4S. The molecule has 0 aliphatic carbocycles. The Bertz CT molecular complexity index is 603. The highest BCUT2D eigenvalue weighted by Gasteiger charge is 2.28. The molecule has 1 atom stereocenters. The molecule has 0 saturated heterocycles. The molecule has 1 aromatic rings. The molecule has 0 unspecified atom stereocenters. The molecule has 2 rings (SSSR count). The Morgan fingerprint density at radius 1 is 1.38 bits per heavy atom. The Balaban J connectivity index is 2.09. The normalized spacial score (nSPS) is 17.9. The smallest absolute Gasteiger partial charge is 0.249 e. The van der Waals surface area contributed by atoms with Crippen molar-refractivity contribution in [1.29, 1.82) is 0 Å². The van der Waals surface area contributed by atoms with Crippen LogP contribution in [0.4, 0.5) is 5.69 Å². The number of ether oxygens (including phenoxy) is 2. The molecule has 2 amide bonds. The molecular weight excluding hydrogens is 294 g/mol. The number of aliphatic imine (C=N–C) groups is 1.